The molecule has 7 N–H and O–H groups in total. The molecule has 4 rings (SSSR count). The van der Waals surface area contributed by atoms with E-state index in [0.717, 1.165) is 29.1 Å². The van der Waals surface area contributed by atoms with E-state index in [4.69, 9.17) is 49.8 Å². The van der Waals surface area contributed by atoms with Crippen LogP contribution in [0.4, 0.5) is 11.5 Å². The van der Waals surface area contributed by atoms with Gasteiger partial charge in [-0.3, -0.25) is 9.59 Å². The summed E-state index contributed by atoms with van der Waals surface area (Å²) in [5.74, 6) is -0.104. The molecule has 0 aliphatic carbocycles. The van der Waals surface area contributed by atoms with Gasteiger partial charge in [-0.2, -0.15) is 5.26 Å². The summed E-state index contributed by atoms with van der Waals surface area (Å²) in [6.45, 7) is 7.97. The molecule has 2 heterocycles. The third-order valence-electron chi connectivity index (χ3n) is 6.86. The second-order valence-electron chi connectivity index (χ2n) is 10.3. The van der Waals surface area contributed by atoms with Crippen LogP contribution in [-0.2, 0) is 20.1 Å². The van der Waals surface area contributed by atoms with Crippen LogP contribution in [0, 0.1) is 17.9 Å². The number of carbonyl (C=O) groups is 2. The van der Waals surface area contributed by atoms with Crippen molar-refractivity contribution >= 4 is 58.1 Å². The number of amides is 1. The van der Waals surface area contributed by atoms with Crippen LogP contribution < -0.4 is 27.3 Å². The lowest BCUT2D eigenvalue weighted by Gasteiger charge is -2.14. The number of halogens is 1. The van der Waals surface area contributed by atoms with Crippen LogP contribution in [0.15, 0.2) is 58.9 Å². The Morgan fingerprint density at radius 3 is 2.52 bits per heavy atom. The Morgan fingerprint density at radius 1 is 1.10 bits per heavy atom. The summed E-state index contributed by atoms with van der Waals surface area (Å²) in [4.78, 5) is 36.6. The maximum Gasteiger partial charge on any atom is 0.325 e. The van der Waals surface area contributed by atoms with Gasteiger partial charge < -0.3 is 32.0 Å². The van der Waals surface area contributed by atoms with E-state index >= 15 is 0 Å². The molecule has 0 bridgehead atoms. The third kappa shape index (κ3) is 9.90. The van der Waals surface area contributed by atoms with Crippen molar-refractivity contribution in [2.75, 3.05) is 32.0 Å². The van der Waals surface area contributed by atoms with Crippen molar-refractivity contribution in [1.82, 2.24) is 15.3 Å². The molecule has 1 atom stereocenters. The van der Waals surface area contributed by atoms with E-state index < -0.39 is 17.9 Å². The van der Waals surface area contributed by atoms with Gasteiger partial charge in [-0.05, 0) is 49.2 Å². The minimum atomic E-state index is -0.710. The maximum absolute atomic E-state index is 12.0. The van der Waals surface area contributed by atoms with Gasteiger partial charge in [-0.15, -0.1) is 11.3 Å². The van der Waals surface area contributed by atoms with Crippen LogP contribution in [0.5, 0.6) is 5.75 Å². The highest BCUT2D eigenvalue weighted by Gasteiger charge is 2.21. The minimum Gasteiger partial charge on any atom is -0.490 e. The molecule has 2 aromatic heterocycles. The van der Waals surface area contributed by atoms with Gasteiger partial charge in [-0.25, -0.2) is 14.8 Å². The first-order valence-corrected chi connectivity index (χ1v) is 17.0. The zero-order chi connectivity index (χ0) is 34.5. The Morgan fingerprint density at radius 2 is 1.83 bits per heavy atom. The molecule has 0 fully saturated rings. The number of nitrogens with zero attached hydrogens (tertiary/aromatic N) is 4. The van der Waals surface area contributed by atoms with E-state index in [1.165, 1.54) is 23.1 Å². The smallest absolute Gasteiger partial charge is 0.325 e. The minimum absolute atomic E-state index is 0.0218. The molecule has 0 radical (unpaired) electrons. The fraction of sp³-hybridized carbons (Fsp3) is 0.273. The number of nitrogens with two attached hydrogens (primary N) is 3. The van der Waals surface area contributed by atoms with Crippen molar-refractivity contribution in [3.8, 4) is 33.5 Å². The fourth-order valence-corrected chi connectivity index (χ4v) is 6.37. The molecule has 0 aliphatic heterocycles. The van der Waals surface area contributed by atoms with Gasteiger partial charge in [-0.1, -0.05) is 54.0 Å². The van der Waals surface area contributed by atoms with Gasteiger partial charge in [0.05, 0.1) is 23.9 Å². The standard InChI is InChI=1S/C33H33ClN8O4S2/c1-39-29-28(20-7-11-24(12-8-20)45-14-15-46-27(43)17-40-31(44)26(37)4-2-3-13-35)25(16-36)33(42-30(29)38)48-19-23-18-47-32(41-23)21-5-9-22(34)10-6-21/h5-12,18,26H,2-4,13-15,17,19,35,37H2,(H2,38,42)(H,40,44)/t26-/m0/s1. The van der Waals surface area contributed by atoms with Crippen LogP contribution in [0.2, 0.25) is 5.02 Å². The molecule has 4 aromatic rings. The molecular formula is C33H33ClN8O4S2. The molecule has 0 unspecified atom stereocenters. The molecule has 248 valence electrons. The van der Waals surface area contributed by atoms with Crippen molar-refractivity contribution in [1.29, 1.82) is 5.26 Å². The van der Waals surface area contributed by atoms with Gasteiger partial charge in [0.2, 0.25) is 11.6 Å². The predicted molar refractivity (Wildman–Crippen MR) is 188 cm³/mol. The van der Waals surface area contributed by atoms with Crippen molar-refractivity contribution < 1.29 is 19.1 Å². The fourth-order valence-electron chi connectivity index (χ4n) is 4.43. The van der Waals surface area contributed by atoms with Crippen LogP contribution >= 0.6 is 34.7 Å². The summed E-state index contributed by atoms with van der Waals surface area (Å²) < 4.78 is 10.8. The number of benzene rings is 2. The van der Waals surface area contributed by atoms with E-state index in [2.05, 4.69) is 21.2 Å². The quantitative estimate of drug-likeness (QED) is 0.0510. The van der Waals surface area contributed by atoms with Crippen molar-refractivity contribution in [3.63, 3.8) is 0 Å². The lowest BCUT2D eigenvalue weighted by molar-refractivity contribution is -0.144. The molecule has 0 saturated heterocycles. The number of rotatable bonds is 16. The summed E-state index contributed by atoms with van der Waals surface area (Å²) >= 11 is 8.82. The summed E-state index contributed by atoms with van der Waals surface area (Å²) in [7, 11) is 0. The number of nitriles is 1. The largest absolute Gasteiger partial charge is 0.490 e. The highest BCUT2D eigenvalue weighted by molar-refractivity contribution is 7.98. The zero-order valence-corrected chi connectivity index (χ0v) is 28.2. The SMILES string of the molecule is [C-]#[N+]c1c(N)nc(SCc2csc(-c3ccc(Cl)cc3)n2)c(C#N)c1-c1ccc(OCCOC(=O)CNC(=O)[C@@H](N)CCCCN)cc1. The lowest BCUT2D eigenvalue weighted by atomic mass is 10.00. The van der Waals surface area contributed by atoms with Gasteiger partial charge in [0.1, 0.15) is 47.4 Å². The van der Waals surface area contributed by atoms with Crippen LogP contribution in [0.1, 0.15) is 30.5 Å². The summed E-state index contributed by atoms with van der Waals surface area (Å²) in [6.07, 6.45) is 1.98. The Bertz CT molecular complexity index is 1800. The van der Waals surface area contributed by atoms with Crippen molar-refractivity contribution in [3.05, 3.63) is 81.6 Å². The summed E-state index contributed by atoms with van der Waals surface area (Å²) in [5, 5.41) is 16.5. The topological polar surface area (TPSA) is 197 Å². The van der Waals surface area contributed by atoms with E-state index in [1.54, 1.807) is 24.3 Å². The highest BCUT2D eigenvalue weighted by Crippen LogP contribution is 2.42. The van der Waals surface area contributed by atoms with Crippen LogP contribution in [0.3, 0.4) is 0 Å². The Labute approximate surface area is 291 Å². The molecule has 0 spiro atoms. The third-order valence-corrected chi connectivity index (χ3v) is 9.06. The Hall–Kier alpha value is -4.70. The second-order valence-corrected chi connectivity index (χ2v) is 12.5. The number of unbranched alkanes of at least 4 members (excludes halogenated alkanes) is 1. The molecule has 48 heavy (non-hydrogen) atoms. The number of aromatic nitrogens is 2. The van der Waals surface area contributed by atoms with Crippen molar-refractivity contribution in [2.45, 2.75) is 36.1 Å². The number of hydrogen-bond acceptors (Lipinski definition) is 12. The summed E-state index contributed by atoms with van der Waals surface area (Å²) in [6, 6.07) is 15.7. The molecule has 1 amide bonds. The van der Waals surface area contributed by atoms with E-state index in [0.29, 0.717) is 45.6 Å². The zero-order valence-electron chi connectivity index (χ0n) is 25.8. The average molecular weight is 705 g/mol. The normalized spacial score (nSPS) is 11.3. The van der Waals surface area contributed by atoms with Crippen molar-refractivity contribution in [2.24, 2.45) is 11.5 Å². The average Bonchev–Trinajstić information content (AvgIpc) is 3.57. The number of ether oxygens (including phenoxy) is 2. The monoisotopic (exact) mass is 704 g/mol. The number of thiazole rings is 1. The Balaban J connectivity index is 1.34. The maximum atomic E-state index is 12.0. The number of pyridine rings is 1. The van der Waals surface area contributed by atoms with Gasteiger partial charge >= 0.3 is 5.97 Å². The molecule has 0 aliphatic rings. The van der Waals surface area contributed by atoms with E-state index in [9.17, 15) is 14.9 Å². The molecule has 2 aromatic carbocycles. The first-order chi connectivity index (χ1) is 23.2. The Kier molecular flexibility index (Phi) is 13.6. The number of esters is 1. The highest BCUT2D eigenvalue weighted by atomic mass is 35.5. The van der Waals surface area contributed by atoms with E-state index in [1.807, 2.05) is 29.6 Å². The van der Waals surface area contributed by atoms with Gasteiger partial charge in [0, 0.05) is 27.3 Å². The number of hydrogen-bond donors (Lipinski definition) is 4. The molecule has 15 heteroatoms. The molecule has 0 saturated carbocycles. The first kappa shape index (κ1) is 36.1. The number of anilines is 1. The van der Waals surface area contributed by atoms with Gasteiger partial charge in [0.15, 0.2) is 0 Å². The van der Waals surface area contributed by atoms with Crippen LogP contribution in [0.25, 0.3) is 26.5 Å². The summed E-state index contributed by atoms with van der Waals surface area (Å²) in [5.41, 5.74) is 20.5. The lowest BCUT2D eigenvalue weighted by Crippen LogP contribution is -2.43. The second kappa shape index (κ2) is 18.0. The van der Waals surface area contributed by atoms with Crippen LogP contribution in [-0.4, -0.2) is 54.2 Å². The number of carbonyl (C=O) groups excluding carboxylic acids is 2. The number of nitrogens with one attached hydrogen (secondary N) is 1. The predicted octanol–water partition coefficient (Wildman–Crippen LogP) is 5.32. The van der Waals surface area contributed by atoms with E-state index in [-0.39, 0.29) is 36.8 Å². The number of thioether (sulfide) groups is 1. The first-order valence-electron chi connectivity index (χ1n) is 14.8. The van der Waals surface area contributed by atoms with Gasteiger partial charge in [0.25, 0.3) is 0 Å². The molecular weight excluding hydrogens is 672 g/mol. The number of nitrogen functional groups attached to an aromatic ring is 1. The molecule has 12 nitrogen and oxygen atoms in total.